The molecule has 1 aromatic heterocycles. The lowest BCUT2D eigenvalue weighted by molar-refractivity contribution is 0.124. The van der Waals surface area contributed by atoms with Gasteiger partial charge in [-0.15, -0.1) is 0 Å². The van der Waals surface area contributed by atoms with Crippen LogP contribution < -0.4 is 9.64 Å². The van der Waals surface area contributed by atoms with E-state index in [1.807, 2.05) is 58.1 Å². The van der Waals surface area contributed by atoms with Crippen LogP contribution in [-0.4, -0.2) is 27.8 Å². The molecular weight excluding hydrogens is 319 g/mol. The molecule has 5 nitrogen and oxygen atoms in total. The van der Waals surface area contributed by atoms with E-state index in [1.54, 1.807) is 16.9 Å². The smallest absolute Gasteiger partial charge is 0.165 e. The van der Waals surface area contributed by atoms with Crippen molar-refractivity contribution in [1.82, 2.24) is 9.78 Å². The van der Waals surface area contributed by atoms with Gasteiger partial charge in [0.1, 0.15) is 12.3 Å². The minimum Gasteiger partial charge on any atom is -0.485 e. The monoisotopic (exact) mass is 342 g/mol. The van der Waals surface area contributed by atoms with Crippen molar-refractivity contribution in [3.63, 3.8) is 0 Å². The van der Waals surface area contributed by atoms with E-state index in [0.29, 0.717) is 6.67 Å². The first-order valence-electron chi connectivity index (χ1n) is 8.20. The molecular formula is C19H23FN4O. The molecule has 0 amide bonds. The van der Waals surface area contributed by atoms with Crippen LogP contribution >= 0.6 is 0 Å². The topological polar surface area (TPSA) is 42.7 Å². The molecule has 0 atom stereocenters. The lowest BCUT2D eigenvalue weighted by Gasteiger charge is -2.24. The minimum absolute atomic E-state index is 0.256. The summed E-state index contributed by atoms with van der Waals surface area (Å²) in [5.74, 6) is -0.121. The van der Waals surface area contributed by atoms with E-state index < -0.39 is 5.60 Å². The van der Waals surface area contributed by atoms with E-state index in [-0.39, 0.29) is 11.6 Å². The Morgan fingerprint density at radius 2 is 2.00 bits per heavy atom. The standard InChI is InChI=1S/C19H23FN4O/c1-13-10-24(15-9-22-23(5)11-15)12-21-18(13)14-6-7-17(16(20)8-14)25-19(2,3)4/h6-11H,12H2,1-5H3. The van der Waals surface area contributed by atoms with Crippen molar-refractivity contribution < 1.29 is 9.13 Å². The van der Waals surface area contributed by atoms with Crippen LogP contribution in [0.5, 0.6) is 5.75 Å². The number of hydrogen-bond acceptors (Lipinski definition) is 4. The van der Waals surface area contributed by atoms with Crippen LogP contribution in [0.3, 0.4) is 0 Å². The number of allylic oxidation sites excluding steroid dienone is 1. The van der Waals surface area contributed by atoms with E-state index in [0.717, 1.165) is 22.5 Å². The number of hydrogen-bond donors (Lipinski definition) is 0. The number of rotatable bonds is 3. The molecule has 0 saturated heterocycles. The van der Waals surface area contributed by atoms with Gasteiger partial charge >= 0.3 is 0 Å². The van der Waals surface area contributed by atoms with Crippen molar-refractivity contribution in [2.24, 2.45) is 12.0 Å². The Hall–Kier alpha value is -2.63. The number of ether oxygens (including phenoxy) is 1. The Bertz CT molecular complexity index is 845. The molecule has 0 radical (unpaired) electrons. The average Bonchev–Trinajstić information content (AvgIpc) is 2.95. The van der Waals surface area contributed by atoms with Crippen LogP contribution in [0.15, 0.2) is 47.4 Å². The number of halogens is 1. The molecule has 25 heavy (non-hydrogen) atoms. The number of benzene rings is 1. The maximum Gasteiger partial charge on any atom is 0.165 e. The summed E-state index contributed by atoms with van der Waals surface area (Å²) in [5.41, 5.74) is 3.05. The van der Waals surface area contributed by atoms with Crippen LogP contribution in [0.1, 0.15) is 33.3 Å². The van der Waals surface area contributed by atoms with Crippen LogP contribution in [-0.2, 0) is 7.05 Å². The molecule has 6 heteroatoms. The lowest BCUT2D eigenvalue weighted by Crippen LogP contribution is -2.25. The third-order valence-corrected chi connectivity index (χ3v) is 3.75. The van der Waals surface area contributed by atoms with Gasteiger partial charge in [0.05, 0.1) is 17.6 Å². The van der Waals surface area contributed by atoms with Gasteiger partial charge < -0.3 is 9.64 Å². The molecule has 132 valence electrons. The molecule has 2 heterocycles. The van der Waals surface area contributed by atoms with Crippen molar-refractivity contribution in [1.29, 1.82) is 0 Å². The minimum atomic E-state index is -0.440. The molecule has 1 aliphatic rings. The van der Waals surface area contributed by atoms with Gasteiger partial charge in [0, 0.05) is 25.0 Å². The lowest BCUT2D eigenvalue weighted by atomic mass is 10.0. The molecule has 0 fully saturated rings. The SMILES string of the molecule is CC1=CN(c2cnn(C)c2)CN=C1c1ccc(OC(C)(C)C)c(F)c1. The van der Waals surface area contributed by atoms with Crippen molar-refractivity contribution in [3.05, 3.63) is 53.7 Å². The first kappa shape index (κ1) is 17.2. The highest BCUT2D eigenvalue weighted by Gasteiger charge is 2.19. The van der Waals surface area contributed by atoms with Crippen LogP contribution in [0.25, 0.3) is 0 Å². The maximum absolute atomic E-state index is 14.4. The van der Waals surface area contributed by atoms with E-state index >= 15 is 0 Å². The molecule has 0 aliphatic carbocycles. The summed E-state index contributed by atoms with van der Waals surface area (Å²) < 4.78 is 21.8. The molecule has 0 bridgehead atoms. The third kappa shape index (κ3) is 3.90. The van der Waals surface area contributed by atoms with Crippen LogP contribution in [0.4, 0.5) is 10.1 Å². The normalized spacial score (nSPS) is 15.0. The summed E-state index contributed by atoms with van der Waals surface area (Å²) in [6.45, 7) is 8.13. The molecule has 1 aromatic carbocycles. The molecule has 3 rings (SSSR count). The van der Waals surface area contributed by atoms with E-state index in [9.17, 15) is 4.39 Å². The van der Waals surface area contributed by atoms with Crippen molar-refractivity contribution in [3.8, 4) is 5.75 Å². The van der Waals surface area contributed by atoms with E-state index in [1.165, 1.54) is 6.07 Å². The Labute approximate surface area is 147 Å². The first-order chi connectivity index (χ1) is 11.7. The summed E-state index contributed by atoms with van der Waals surface area (Å²) in [6, 6.07) is 5.00. The van der Waals surface area contributed by atoms with Gasteiger partial charge in [-0.05, 0) is 51.5 Å². The Morgan fingerprint density at radius 3 is 2.56 bits per heavy atom. The fourth-order valence-electron chi connectivity index (χ4n) is 2.70. The number of anilines is 1. The zero-order valence-corrected chi connectivity index (χ0v) is 15.2. The molecule has 0 spiro atoms. The Morgan fingerprint density at radius 1 is 1.24 bits per heavy atom. The summed E-state index contributed by atoms with van der Waals surface area (Å²) in [4.78, 5) is 6.64. The predicted molar refractivity (Wildman–Crippen MR) is 97.6 cm³/mol. The summed E-state index contributed by atoms with van der Waals surface area (Å²) in [6.07, 6.45) is 5.74. The predicted octanol–water partition coefficient (Wildman–Crippen LogP) is 3.91. The van der Waals surface area contributed by atoms with E-state index in [4.69, 9.17) is 4.74 Å². The largest absolute Gasteiger partial charge is 0.485 e. The third-order valence-electron chi connectivity index (χ3n) is 3.75. The highest BCUT2D eigenvalue weighted by molar-refractivity contribution is 6.13. The number of aryl methyl sites for hydroxylation is 1. The van der Waals surface area contributed by atoms with Crippen molar-refractivity contribution in [2.75, 3.05) is 11.6 Å². The van der Waals surface area contributed by atoms with Gasteiger partial charge in [0.2, 0.25) is 0 Å². The number of aliphatic imine (C=N–C) groups is 1. The second-order valence-corrected chi connectivity index (χ2v) is 7.16. The molecule has 0 unspecified atom stereocenters. The molecule has 1 aliphatic heterocycles. The summed E-state index contributed by atoms with van der Waals surface area (Å²) >= 11 is 0. The zero-order chi connectivity index (χ0) is 18.2. The summed E-state index contributed by atoms with van der Waals surface area (Å²) in [7, 11) is 1.88. The second-order valence-electron chi connectivity index (χ2n) is 7.16. The van der Waals surface area contributed by atoms with Crippen LogP contribution in [0.2, 0.25) is 0 Å². The van der Waals surface area contributed by atoms with E-state index in [2.05, 4.69) is 10.1 Å². The van der Waals surface area contributed by atoms with Gasteiger partial charge in [0.25, 0.3) is 0 Å². The summed E-state index contributed by atoms with van der Waals surface area (Å²) in [5, 5.41) is 4.18. The Kier molecular flexibility index (Phi) is 4.37. The number of aromatic nitrogens is 2. The second kappa shape index (κ2) is 6.35. The fraction of sp³-hybridized carbons (Fsp3) is 0.368. The fourth-order valence-corrected chi connectivity index (χ4v) is 2.70. The average molecular weight is 342 g/mol. The molecule has 0 N–H and O–H groups in total. The van der Waals surface area contributed by atoms with Gasteiger partial charge in [-0.1, -0.05) is 0 Å². The first-order valence-corrected chi connectivity index (χ1v) is 8.20. The zero-order valence-electron chi connectivity index (χ0n) is 15.2. The van der Waals surface area contributed by atoms with Gasteiger partial charge in [-0.25, -0.2) is 4.39 Å². The maximum atomic E-state index is 14.4. The highest BCUT2D eigenvalue weighted by atomic mass is 19.1. The van der Waals surface area contributed by atoms with Gasteiger partial charge in [-0.3, -0.25) is 9.67 Å². The molecule has 0 saturated carbocycles. The highest BCUT2D eigenvalue weighted by Crippen LogP contribution is 2.26. The molecule has 2 aromatic rings. The van der Waals surface area contributed by atoms with Crippen LogP contribution in [0, 0.1) is 5.82 Å². The van der Waals surface area contributed by atoms with Gasteiger partial charge in [-0.2, -0.15) is 5.10 Å². The number of nitrogens with zero attached hydrogens (tertiary/aromatic N) is 4. The Balaban J connectivity index is 1.82. The van der Waals surface area contributed by atoms with Gasteiger partial charge in [0.15, 0.2) is 11.6 Å². The quantitative estimate of drug-likeness (QED) is 0.849. The van der Waals surface area contributed by atoms with Crippen molar-refractivity contribution >= 4 is 11.4 Å². The van der Waals surface area contributed by atoms with Crippen molar-refractivity contribution in [2.45, 2.75) is 33.3 Å².